The number of carbonyl (C=O) groups is 1. The maximum atomic E-state index is 13.3. The minimum atomic E-state index is 0.0134. The van der Waals surface area contributed by atoms with Crippen LogP contribution in [-0.2, 0) is 13.6 Å². The van der Waals surface area contributed by atoms with Crippen molar-refractivity contribution in [3.05, 3.63) is 64.5 Å². The lowest BCUT2D eigenvalue weighted by atomic mass is 10.2. The standard InChI is InChI=1S/C19H20BrN3O/c1-13(2)23(12-14-7-6-10-21-11-14)19(24)18-17(20)15-8-4-5-9-16(15)22(18)3/h4-11,13H,12H2,1-3H3. The molecule has 0 radical (unpaired) electrons. The molecule has 0 atom stereocenters. The smallest absolute Gasteiger partial charge is 0.272 e. The Morgan fingerprint density at radius 2 is 2.00 bits per heavy atom. The molecule has 0 saturated carbocycles. The summed E-state index contributed by atoms with van der Waals surface area (Å²) in [6.07, 6.45) is 3.55. The van der Waals surface area contributed by atoms with E-state index < -0.39 is 0 Å². The van der Waals surface area contributed by atoms with Gasteiger partial charge in [0.1, 0.15) is 5.69 Å². The Labute approximate surface area is 150 Å². The number of fused-ring (bicyclic) bond motifs is 1. The van der Waals surface area contributed by atoms with Gasteiger partial charge in [0.05, 0.1) is 4.47 Å². The van der Waals surface area contributed by atoms with Crippen molar-refractivity contribution >= 4 is 32.7 Å². The van der Waals surface area contributed by atoms with Gasteiger partial charge in [-0.15, -0.1) is 0 Å². The molecule has 5 heteroatoms. The molecular formula is C19H20BrN3O. The van der Waals surface area contributed by atoms with Gasteiger partial charge in [0, 0.05) is 42.9 Å². The summed E-state index contributed by atoms with van der Waals surface area (Å²) in [6, 6.07) is 12.0. The normalized spacial score (nSPS) is 11.2. The maximum absolute atomic E-state index is 13.3. The third kappa shape index (κ3) is 2.96. The molecule has 0 unspecified atom stereocenters. The fourth-order valence-corrected chi connectivity index (χ4v) is 3.67. The Morgan fingerprint density at radius 3 is 2.62 bits per heavy atom. The number of aryl methyl sites for hydroxylation is 1. The zero-order chi connectivity index (χ0) is 17.3. The van der Waals surface area contributed by atoms with Crippen LogP contribution in [0.3, 0.4) is 0 Å². The van der Waals surface area contributed by atoms with Crippen LogP contribution in [-0.4, -0.2) is 26.4 Å². The molecule has 1 amide bonds. The lowest BCUT2D eigenvalue weighted by Crippen LogP contribution is -2.37. The number of aromatic nitrogens is 2. The second-order valence-corrected chi connectivity index (χ2v) is 6.92. The number of halogens is 1. The van der Waals surface area contributed by atoms with Crippen LogP contribution in [0.25, 0.3) is 10.9 Å². The minimum absolute atomic E-state index is 0.0134. The first-order valence-electron chi connectivity index (χ1n) is 7.93. The molecule has 3 aromatic rings. The Morgan fingerprint density at radius 1 is 1.25 bits per heavy atom. The highest BCUT2D eigenvalue weighted by atomic mass is 79.9. The number of hydrogen-bond acceptors (Lipinski definition) is 2. The van der Waals surface area contributed by atoms with Crippen molar-refractivity contribution in [1.29, 1.82) is 0 Å². The maximum Gasteiger partial charge on any atom is 0.272 e. The van der Waals surface area contributed by atoms with Crippen molar-refractivity contribution in [2.24, 2.45) is 7.05 Å². The van der Waals surface area contributed by atoms with Crippen LogP contribution in [0, 0.1) is 0 Å². The number of amides is 1. The first-order valence-corrected chi connectivity index (χ1v) is 8.72. The van der Waals surface area contributed by atoms with E-state index in [0.717, 1.165) is 20.9 Å². The van der Waals surface area contributed by atoms with Gasteiger partial charge < -0.3 is 9.47 Å². The van der Waals surface area contributed by atoms with Gasteiger partial charge in [-0.1, -0.05) is 24.3 Å². The second kappa shape index (κ2) is 6.77. The highest BCUT2D eigenvalue weighted by Crippen LogP contribution is 2.31. The number of pyridine rings is 1. The molecule has 2 aromatic heterocycles. The zero-order valence-electron chi connectivity index (χ0n) is 14.0. The number of benzene rings is 1. The lowest BCUT2D eigenvalue weighted by molar-refractivity contribution is 0.0680. The first-order chi connectivity index (χ1) is 11.5. The second-order valence-electron chi connectivity index (χ2n) is 6.13. The van der Waals surface area contributed by atoms with Crippen molar-refractivity contribution < 1.29 is 4.79 Å². The molecule has 0 saturated heterocycles. The minimum Gasteiger partial charge on any atom is -0.339 e. The number of para-hydroxylation sites is 1. The predicted octanol–water partition coefficient (Wildman–Crippen LogP) is 4.39. The molecular weight excluding hydrogens is 366 g/mol. The van der Waals surface area contributed by atoms with Crippen molar-refractivity contribution in [3.8, 4) is 0 Å². The van der Waals surface area contributed by atoms with Gasteiger partial charge in [-0.25, -0.2) is 0 Å². The van der Waals surface area contributed by atoms with Gasteiger partial charge in [0.15, 0.2) is 0 Å². The summed E-state index contributed by atoms with van der Waals surface area (Å²) in [7, 11) is 1.93. The first kappa shape index (κ1) is 16.7. The zero-order valence-corrected chi connectivity index (χ0v) is 15.6. The van der Waals surface area contributed by atoms with E-state index in [0.29, 0.717) is 12.2 Å². The fourth-order valence-electron chi connectivity index (χ4n) is 2.90. The quantitative estimate of drug-likeness (QED) is 0.667. The summed E-state index contributed by atoms with van der Waals surface area (Å²) in [5, 5.41) is 1.05. The third-order valence-electron chi connectivity index (χ3n) is 4.21. The van der Waals surface area contributed by atoms with Crippen molar-refractivity contribution in [2.75, 3.05) is 0 Å². The molecule has 0 aliphatic rings. The molecule has 0 aliphatic heterocycles. The Kier molecular flexibility index (Phi) is 4.71. The van der Waals surface area contributed by atoms with Crippen LogP contribution in [0.5, 0.6) is 0 Å². The summed E-state index contributed by atoms with van der Waals surface area (Å²) < 4.78 is 2.81. The van der Waals surface area contributed by atoms with E-state index >= 15 is 0 Å². The van der Waals surface area contributed by atoms with Crippen LogP contribution in [0.4, 0.5) is 0 Å². The van der Waals surface area contributed by atoms with Crippen molar-refractivity contribution in [2.45, 2.75) is 26.4 Å². The molecule has 0 bridgehead atoms. The molecule has 0 aliphatic carbocycles. The highest BCUT2D eigenvalue weighted by Gasteiger charge is 2.26. The van der Waals surface area contributed by atoms with Gasteiger partial charge in [-0.05, 0) is 47.5 Å². The van der Waals surface area contributed by atoms with Crippen molar-refractivity contribution in [3.63, 3.8) is 0 Å². The molecule has 0 N–H and O–H groups in total. The predicted molar refractivity (Wildman–Crippen MR) is 99.9 cm³/mol. The van der Waals surface area contributed by atoms with Gasteiger partial charge in [0.25, 0.3) is 5.91 Å². The Bertz CT molecular complexity index is 832. The van der Waals surface area contributed by atoms with Gasteiger partial charge in [-0.2, -0.15) is 0 Å². The van der Waals surface area contributed by atoms with Crippen LogP contribution < -0.4 is 0 Å². The molecule has 0 fully saturated rings. The number of nitrogens with zero attached hydrogens (tertiary/aromatic N) is 3. The summed E-state index contributed by atoms with van der Waals surface area (Å²) in [4.78, 5) is 19.3. The number of rotatable bonds is 4. The molecule has 1 aromatic carbocycles. The molecule has 124 valence electrons. The molecule has 24 heavy (non-hydrogen) atoms. The van der Waals surface area contributed by atoms with E-state index in [1.807, 2.05) is 66.8 Å². The summed E-state index contributed by atoms with van der Waals surface area (Å²) >= 11 is 3.63. The summed E-state index contributed by atoms with van der Waals surface area (Å²) in [6.45, 7) is 4.61. The van der Waals surface area contributed by atoms with Crippen LogP contribution in [0.15, 0.2) is 53.3 Å². The van der Waals surface area contributed by atoms with E-state index in [1.165, 1.54) is 0 Å². The number of carbonyl (C=O) groups excluding carboxylic acids is 1. The van der Waals surface area contributed by atoms with Crippen LogP contribution in [0.2, 0.25) is 0 Å². The Hall–Kier alpha value is -2.14. The third-order valence-corrected chi connectivity index (χ3v) is 5.01. The van der Waals surface area contributed by atoms with E-state index in [-0.39, 0.29) is 11.9 Å². The average Bonchev–Trinajstić information content (AvgIpc) is 2.84. The number of hydrogen-bond donors (Lipinski definition) is 0. The van der Waals surface area contributed by atoms with Crippen LogP contribution >= 0.6 is 15.9 Å². The van der Waals surface area contributed by atoms with Crippen molar-refractivity contribution in [1.82, 2.24) is 14.5 Å². The lowest BCUT2D eigenvalue weighted by Gasteiger charge is -2.27. The Balaban J connectivity index is 2.02. The summed E-state index contributed by atoms with van der Waals surface area (Å²) in [5.74, 6) is 0.0134. The fraction of sp³-hybridized carbons (Fsp3) is 0.263. The van der Waals surface area contributed by atoms with E-state index in [1.54, 1.807) is 12.4 Å². The van der Waals surface area contributed by atoms with Gasteiger partial charge in [-0.3, -0.25) is 9.78 Å². The van der Waals surface area contributed by atoms with Gasteiger partial charge in [0.2, 0.25) is 0 Å². The molecule has 2 heterocycles. The molecule has 3 rings (SSSR count). The van der Waals surface area contributed by atoms with E-state index in [4.69, 9.17) is 0 Å². The molecule has 0 spiro atoms. The van der Waals surface area contributed by atoms with Gasteiger partial charge >= 0.3 is 0 Å². The average molecular weight is 386 g/mol. The van der Waals surface area contributed by atoms with Crippen LogP contribution in [0.1, 0.15) is 29.9 Å². The summed E-state index contributed by atoms with van der Waals surface area (Å²) in [5.41, 5.74) is 2.74. The topological polar surface area (TPSA) is 38.1 Å². The SMILES string of the molecule is CC(C)N(Cc1cccnc1)C(=O)c1c(Br)c2ccccc2n1C. The highest BCUT2D eigenvalue weighted by molar-refractivity contribution is 9.10. The van der Waals surface area contributed by atoms with E-state index in [9.17, 15) is 4.79 Å². The van der Waals surface area contributed by atoms with E-state index in [2.05, 4.69) is 20.9 Å². The monoisotopic (exact) mass is 385 g/mol. The largest absolute Gasteiger partial charge is 0.339 e. The molecule has 4 nitrogen and oxygen atoms in total.